The van der Waals surface area contributed by atoms with Crippen LogP contribution >= 0.6 is 0 Å². The van der Waals surface area contributed by atoms with Gasteiger partial charge in [0, 0.05) is 0 Å². The van der Waals surface area contributed by atoms with Gasteiger partial charge in [-0.25, -0.2) is 0 Å². The van der Waals surface area contributed by atoms with Crippen molar-refractivity contribution in [2.45, 2.75) is 0 Å². The first-order valence-corrected chi connectivity index (χ1v) is 2.90. The van der Waals surface area contributed by atoms with Gasteiger partial charge in [0.15, 0.2) is 5.58 Å². The van der Waals surface area contributed by atoms with Crippen LogP contribution in [-0.2, 0) is 0 Å². The van der Waals surface area contributed by atoms with E-state index in [1.165, 1.54) is 6.20 Å². The van der Waals surface area contributed by atoms with Gasteiger partial charge in [-0.2, -0.15) is 0 Å². The van der Waals surface area contributed by atoms with Crippen molar-refractivity contribution in [2.75, 3.05) is 0 Å². The molecule has 0 amide bonds. The van der Waals surface area contributed by atoms with E-state index in [0.29, 0.717) is 11.0 Å². The standard InChI is InChI=1S/C7H5NO2/c9-6-2-1-3-7-5(6)4-8-10-7/h1-4,9H. The predicted molar refractivity (Wildman–Crippen MR) is 35.7 cm³/mol. The summed E-state index contributed by atoms with van der Waals surface area (Å²) in [7, 11) is 0. The van der Waals surface area contributed by atoms with Gasteiger partial charge in [-0.1, -0.05) is 11.2 Å². The number of phenols is 1. The fraction of sp³-hybridized carbons (Fsp3) is 0. The first-order chi connectivity index (χ1) is 4.88. The van der Waals surface area contributed by atoms with Crippen LogP contribution in [-0.4, -0.2) is 10.3 Å². The molecule has 0 unspecified atom stereocenters. The van der Waals surface area contributed by atoms with Crippen LogP contribution in [0.1, 0.15) is 0 Å². The van der Waals surface area contributed by atoms with Gasteiger partial charge < -0.3 is 9.63 Å². The molecule has 0 saturated carbocycles. The third kappa shape index (κ3) is 0.572. The molecule has 1 aromatic heterocycles. The molecule has 3 nitrogen and oxygen atoms in total. The largest absolute Gasteiger partial charge is 0.507 e. The Bertz CT molecular complexity index is 353. The van der Waals surface area contributed by atoms with Crippen molar-refractivity contribution >= 4 is 11.0 Å². The fourth-order valence-corrected chi connectivity index (χ4v) is 0.878. The molecule has 2 aromatic rings. The van der Waals surface area contributed by atoms with Crippen LogP contribution in [0.3, 0.4) is 0 Å². The van der Waals surface area contributed by atoms with E-state index < -0.39 is 0 Å². The maximum atomic E-state index is 9.16. The van der Waals surface area contributed by atoms with E-state index in [4.69, 9.17) is 9.63 Å². The highest BCUT2D eigenvalue weighted by Gasteiger charge is 2.00. The van der Waals surface area contributed by atoms with Crippen LogP contribution in [0, 0.1) is 0 Å². The number of hydrogen-bond donors (Lipinski definition) is 1. The molecule has 0 aliphatic rings. The van der Waals surface area contributed by atoms with E-state index in [1.807, 2.05) is 0 Å². The molecule has 0 saturated heterocycles. The molecule has 0 aliphatic heterocycles. The second kappa shape index (κ2) is 1.73. The van der Waals surface area contributed by atoms with Gasteiger partial charge in [-0.3, -0.25) is 0 Å². The van der Waals surface area contributed by atoms with Crippen LogP contribution in [0.4, 0.5) is 0 Å². The van der Waals surface area contributed by atoms with Gasteiger partial charge in [0.1, 0.15) is 5.75 Å². The van der Waals surface area contributed by atoms with E-state index in [0.717, 1.165) is 0 Å². The fourth-order valence-electron chi connectivity index (χ4n) is 0.878. The average Bonchev–Trinajstić information content (AvgIpc) is 2.36. The molecule has 3 heteroatoms. The van der Waals surface area contributed by atoms with Crippen LogP contribution in [0.2, 0.25) is 0 Å². The van der Waals surface area contributed by atoms with Crippen molar-refractivity contribution in [1.29, 1.82) is 0 Å². The zero-order valence-electron chi connectivity index (χ0n) is 5.11. The number of aromatic nitrogens is 1. The third-order valence-electron chi connectivity index (χ3n) is 1.38. The number of phenolic OH excluding ortho intramolecular Hbond substituents is 1. The SMILES string of the molecule is Oc1cccc2oncc12. The van der Waals surface area contributed by atoms with Crippen molar-refractivity contribution in [3.8, 4) is 5.75 Å². The van der Waals surface area contributed by atoms with E-state index in [2.05, 4.69) is 5.16 Å². The van der Waals surface area contributed by atoms with Gasteiger partial charge in [-0.15, -0.1) is 0 Å². The Balaban J connectivity index is 2.95. The van der Waals surface area contributed by atoms with Crippen LogP contribution < -0.4 is 0 Å². The number of rotatable bonds is 0. The third-order valence-corrected chi connectivity index (χ3v) is 1.38. The molecule has 0 atom stereocenters. The van der Waals surface area contributed by atoms with E-state index in [-0.39, 0.29) is 5.75 Å². The van der Waals surface area contributed by atoms with Gasteiger partial charge in [0.05, 0.1) is 11.6 Å². The molecule has 10 heavy (non-hydrogen) atoms. The Morgan fingerprint density at radius 1 is 1.40 bits per heavy atom. The second-order valence-electron chi connectivity index (χ2n) is 2.01. The van der Waals surface area contributed by atoms with E-state index in [9.17, 15) is 0 Å². The van der Waals surface area contributed by atoms with Crippen molar-refractivity contribution in [3.05, 3.63) is 24.4 Å². The lowest BCUT2D eigenvalue weighted by atomic mass is 10.2. The lowest BCUT2D eigenvalue weighted by Crippen LogP contribution is -1.63. The Morgan fingerprint density at radius 2 is 2.30 bits per heavy atom. The number of aromatic hydroxyl groups is 1. The molecular weight excluding hydrogens is 130 g/mol. The van der Waals surface area contributed by atoms with Crippen molar-refractivity contribution in [3.63, 3.8) is 0 Å². The van der Waals surface area contributed by atoms with Crippen LogP contribution in [0.5, 0.6) is 5.75 Å². The van der Waals surface area contributed by atoms with Gasteiger partial charge in [0.25, 0.3) is 0 Å². The minimum atomic E-state index is 0.207. The normalized spacial score (nSPS) is 10.4. The second-order valence-corrected chi connectivity index (χ2v) is 2.01. The molecule has 2 rings (SSSR count). The van der Waals surface area contributed by atoms with Crippen molar-refractivity contribution in [1.82, 2.24) is 5.16 Å². The highest BCUT2D eigenvalue weighted by atomic mass is 16.5. The highest BCUT2D eigenvalue weighted by Crippen LogP contribution is 2.22. The maximum absolute atomic E-state index is 9.16. The average molecular weight is 135 g/mol. The summed E-state index contributed by atoms with van der Waals surface area (Å²) < 4.78 is 4.79. The van der Waals surface area contributed by atoms with Crippen molar-refractivity contribution < 1.29 is 9.63 Å². The molecule has 0 spiro atoms. The molecular formula is C7H5NO2. The summed E-state index contributed by atoms with van der Waals surface area (Å²) in [4.78, 5) is 0. The molecule has 50 valence electrons. The summed E-state index contributed by atoms with van der Waals surface area (Å²) in [5.41, 5.74) is 0.611. The minimum absolute atomic E-state index is 0.207. The quantitative estimate of drug-likeness (QED) is 0.595. The number of benzene rings is 1. The monoisotopic (exact) mass is 135 g/mol. The summed E-state index contributed by atoms with van der Waals surface area (Å²) in [6.07, 6.45) is 1.49. The summed E-state index contributed by atoms with van der Waals surface area (Å²) in [6, 6.07) is 5.06. The summed E-state index contributed by atoms with van der Waals surface area (Å²) in [5.74, 6) is 0.207. The van der Waals surface area contributed by atoms with E-state index >= 15 is 0 Å². The van der Waals surface area contributed by atoms with E-state index in [1.54, 1.807) is 18.2 Å². The highest BCUT2D eigenvalue weighted by molar-refractivity contribution is 5.82. The summed E-state index contributed by atoms with van der Waals surface area (Å²) in [5, 5.41) is 13.3. The molecule has 1 N–H and O–H groups in total. The number of fused-ring (bicyclic) bond motifs is 1. The lowest BCUT2D eigenvalue weighted by molar-refractivity contribution is 0.455. The predicted octanol–water partition coefficient (Wildman–Crippen LogP) is 1.53. The molecule has 1 aromatic carbocycles. The number of hydrogen-bond acceptors (Lipinski definition) is 3. The lowest BCUT2D eigenvalue weighted by Gasteiger charge is -1.88. The molecule has 0 bridgehead atoms. The first-order valence-electron chi connectivity index (χ1n) is 2.90. The Morgan fingerprint density at radius 3 is 3.10 bits per heavy atom. The zero-order valence-corrected chi connectivity index (χ0v) is 5.11. The zero-order chi connectivity index (χ0) is 6.97. The Kier molecular flexibility index (Phi) is 0.917. The smallest absolute Gasteiger partial charge is 0.170 e. The minimum Gasteiger partial charge on any atom is -0.507 e. The van der Waals surface area contributed by atoms with Gasteiger partial charge in [0.2, 0.25) is 0 Å². The van der Waals surface area contributed by atoms with Gasteiger partial charge >= 0.3 is 0 Å². The summed E-state index contributed by atoms with van der Waals surface area (Å²) >= 11 is 0. The van der Waals surface area contributed by atoms with Crippen LogP contribution in [0.25, 0.3) is 11.0 Å². The maximum Gasteiger partial charge on any atom is 0.170 e. The Labute approximate surface area is 56.9 Å². The van der Waals surface area contributed by atoms with Gasteiger partial charge in [-0.05, 0) is 12.1 Å². The molecule has 0 fully saturated rings. The first kappa shape index (κ1) is 5.29. The van der Waals surface area contributed by atoms with Crippen molar-refractivity contribution in [2.24, 2.45) is 0 Å². The molecule has 0 aliphatic carbocycles. The summed E-state index contributed by atoms with van der Waals surface area (Å²) in [6.45, 7) is 0. The topological polar surface area (TPSA) is 46.3 Å². The van der Waals surface area contributed by atoms with Crippen LogP contribution in [0.15, 0.2) is 28.9 Å². The Hall–Kier alpha value is -1.51. The number of nitrogens with zero attached hydrogens (tertiary/aromatic N) is 1. The molecule has 1 heterocycles. The molecule has 0 radical (unpaired) electrons.